The number of rotatable bonds is 5. The van der Waals surface area contributed by atoms with E-state index in [2.05, 4.69) is 41.1 Å². The third-order valence-electron chi connectivity index (χ3n) is 3.68. The van der Waals surface area contributed by atoms with Crippen molar-refractivity contribution in [2.45, 2.75) is 13.0 Å². The smallest absolute Gasteiger partial charge is 0.165 e. The second-order valence-corrected chi connectivity index (χ2v) is 5.17. The zero-order valence-corrected chi connectivity index (χ0v) is 13.6. The Bertz CT molecular complexity index is 596. The topological polar surface area (TPSA) is 52.5 Å². The maximum atomic E-state index is 5.77. The maximum Gasteiger partial charge on any atom is 0.165 e. The molecule has 0 amide bonds. The number of ether oxygens (including phenoxy) is 1. The van der Waals surface area contributed by atoms with Crippen LogP contribution in [0.2, 0.25) is 0 Å². The molecule has 0 radical (unpaired) electrons. The van der Waals surface area contributed by atoms with Crippen molar-refractivity contribution in [2.75, 3.05) is 32.6 Å². The van der Waals surface area contributed by atoms with Gasteiger partial charge in [0.1, 0.15) is 12.4 Å². The van der Waals surface area contributed by atoms with Crippen molar-refractivity contribution in [3.05, 3.63) is 42.8 Å². The van der Waals surface area contributed by atoms with E-state index in [0.717, 1.165) is 17.1 Å². The van der Waals surface area contributed by atoms with Crippen molar-refractivity contribution in [3.8, 4) is 5.75 Å². The second kappa shape index (κ2) is 7.09. The number of hydrogen-bond acceptors (Lipinski definition) is 6. The van der Waals surface area contributed by atoms with E-state index in [1.165, 1.54) is 0 Å². The number of hydrazine groups is 1. The van der Waals surface area contributed by atoms with Crippen LogP contribution < -0.4 is 15.1 Å². The minimum atomic E-state index is 0.367. The highest BCUT2D eigenvalue weighted by Crippen LogP contribution is 2.36. The zero-order chi connectivity index (χ0) is 16.1. The number of hydrogen-bond donors (Lipinski definition) is 1. The van der Waals surface area contributed by atoms with Gasteiger partial charge >= 0.3 is 0 Å². The minimum Gasteiger partial charge on any atom is -0.489 e. The summed E-state index contributed by atoms with van der Waals surface area (Å²) in [6.45, 7) is 6.50. The van der Waals surface area contributed by atoms with E-state index in [4.69, 9.17) is 4.74 Å². The molecule has 0 saturated carbocycles. The van der Waals surface area contributed by atoms with E-state index in [-0.39, 0.29) is 0 Å². The fraction of sp³-hybridized carbons (Fsp3) is 0.375. The molecule has 0 spiro atoms. The molecule has 2 rings (SSSR count). The number of benzene rings is 1. The van der Waals surface area contributed by atoms with Gasteiger partial charge in [-0.3, -0.25) is 5.01 Å². The second-order valence-electron chi connectivity index (χ2n) is 5.17. The van der Waals surface area contributed by atoms with Crippen LogP contribution in [0.4, 0.5) is 11.4 Å². The van der Waals surface area contributed by atoms with E-state index in [1.54, 1.807) is 17.2 Å². The van der Waals surface area contributed by atoms with Gasteiger partial charge in [-0.05, 0) is 25.1 Å². The van der Waals surface area contributed by atoms with Crippen molar-refractivity contribution < 1.29 is 4.74 Å². The van der Waals surface area contributed by atoms with Gasteiger partial charge in [0.05, 0.1) is 17.4 Å². The summed E-state index contributed by atoms with van der Waals surface area (Å²) in [7, 11) is 5.75. The Morgan fingerprint density at radius 3 is 3.00 bits per heavy atom. The molecule has 0 fully saturated rings. The van der Waals surface area contributed by atoms with Crippen LogP contribution in [0.5, 0.6) is 5.75 Å². The quantitative estimate of drug-likeness (QED) is 0.516. The van der Waals surface area contributed by atoms with Gasteiger partial charge in [-0.15, -0.1) is 10.2 Å². The Balaban J connectivity index is 2.22. The van der Waals surface area contributed by atoms with Gasteiger partial charge in [-0.25, -0.2) is 5.43 Å². The first-order valence-electron chi connectivity index (χ1n) is 7.22. The SMILES string of the molecule is C=C/C=C(/N=Nc1ccc2c(c1)OCC(C)N2C)N(C)NC. The first kappa shape index (κ1) is 16.0. The van der Waals surface area contributed by atoms with E-state index >= 15 is 0 Å². The zero-order valence-electron chi connectivity index (χ0n) is 13.6. The molecule has 1 unspecified atom stereocenters. The molecule has 118 valence electrons. The highest BCUT2D eigenvalue weighted by molar-refractivity contribution is 5.64. The molecule has 0 aliphatic carbocycles. The van der Waals surface area contributed by atoms with E-state index < -0.39 is 0 Å². The molecule has 6 heteroatoms. The molecular weight excluding hydrogens is 278 g/mol. The molecule has 1 aliphatic heterocycles. The van der Waals surface area contributed by atoms with Crippen LogP contribution in [0.3, 0.4) is 0 Å². The van der Waals surface area contributed by atoms with Crippen LogP contribution in [-0.4, -0.2) is 38.8 Å². The molecule has 1 aliphatic rings. The van der Waals surface area contributed by atoms with Gasteiger partial charge in [0, 0.05) is 27.2 Å². The first-order valence-corrected chi connectivity index (χ1v) is 7.22. The molecule has 1 N–H and O–H groups in total. The molecule has 0 bridgehead atoms. The molecular formula is C16H23N5O. The summed E-state index contributed by atoms with van der Waals surface area (Å²) in [5, 5.41) is 10.3. The largest absolute Gasteiger partial charge is 0.489 e. The van der Waals surface area contributed by atoms with Crippen LogP contribution >= 0.6 is 0 Å². The van der Waals surface area contributed by atoms with Crippen molar-refractivity contribution in [1.29, 1.82) is 0 Å². The van der Waals surface area contributed by atoms with Crippen molar-refractivity contribution in [2.24, 2.45) is 10.2 Å². The van der Waals surface area contributed by atoms with Crippen LogP contribution in [0, 0.1) is 0 Å². The summed E-state index contributed by atoms with van der Waals surface area (Å²) in [6.07, 6.45) is 3.46. The molecule has 1 atom stereocenters. The van der Waals surface area contributed by atoms with Gasteiger partial charge in [0.25, 0.3) is 0 Å². The maximum absolute atomic E-state index is 5.77. The molecule has 6 nitrogen and oxygen atoms in total. The third-order valence-corrected chi connectivity index (χ3v) is 3.68. The lowest BCUT2D eigenvalue weighted by Gasteiger charge is -2.33. The van der Waals surface area contributed by atoms with Crippen LogP contribution in [0.25, 0.3) is 0 Å². The average molecular weight is 301 g/mol. The Kier molecular flexibility index (Phi) is 5.16. The minimum absolute atomic E-state index is 0.367. The summed E-state index contributed by atoms with van der Waals surface area (Å²) in [6, 6.07) is 6.22. The number of allylic oxidation sites excluding steroid dienone is 2. The number of nitrogens with zero attached hydrogens (tertiary/aromatic N) is 4. The van der Waals surface area contributed by atoms with Gasteiger partial charge in [0.15, 0.2) is 5.82 Å². The van der Waals surface area contributed by atoms with E-state index in [0.29, 0.717) is 18.5 Å². The van der Waals surface area contributed by atoms with Crippen LogP contribution in [-0.2, 0) is 0 Å². The lowest BCUT2D eigenvalue weighted by Crippen LogP contribution is -2.37. The Morgan fingerprint density at radius 2 is 2.32 bits per heavy atom. The summed E-state index contributed by atoms with van der Waals surface area (Å²) in [5.74, 6) is 1.51. The van der Waals surface area contributed by atoms with Crippen LogP contribution in [0.15, 0.2) is 53.0 Å². The fourth-order valence-corrected chi connectivity index (χ4v) is 2.07. The van der Waals surface area contributed by atoms with E-state index in [9.17, 15) is 0 Å². The fourth-order valence-electron chi connectivity index (χ4n) is 2.07. The molecule has 1 aromatic rings. The van der Waals surface area contributed by atoms with Gasteiger partial charge in [-0.2, -0.15) is 0 Å². The monoisotopic (exact) mass is 301 g/mol. The normalized spacial score (nSPS) is 18.1. The Hall–Kier alpha value is -2.34. The van der Waals surface area contributed by atoms with Gasteiger partial charge in [0.2, 0.25) is 0 Å². The van der Waals surface area contributed by atoms with Crippen molar-refractivity contribution in [1.82, 2.24) is 10.4 Å². The number of likely N-dealkylation sites (N-methyl/N-ethyl adjacent to an activating group) is 1. The molecule has 0 saturated heterocycles. The highest BCUT2D eigenvalue weighted by Gasteiger charge is 2.21. The predicted molar refractivity (Wildman–Crippen MR) is 89.4 cm³/mol. The molecule has 0 aromatic heterocycles. The Labute approximate surface area is 131 Å². The standard InChI is InChI=1S/C16H23N5O/c1-6-7-16(21(5)17-3)19-18-13-8-9-14-15(10-13)22-11-12(2)20(14)4/h6-10,12,17H,1,11H2,2-5H3/b16-7-,19-18?. The lowest BCUT2D eigenvalue weighted by molar-refractivity contribution is 0.275. The Morgan fingerprint density at radius 1 is 1.55 bits per heavy atom. The predicted octanol–water partition coefficient (Wildman–Crippen LogP) is 3.08. The van der Waals surface area contributed by atoms with Crippen molar-refractivity contribution >= 4 is 11.4 Å². The molecule has 22 heavy (non-hydrogen) atoms. The third kappa shape index (κ3) is 3.46. The summed E-state index contributed by atoms with van der Waals surface area (Å²) in [4.78, 5) is 2.21. The summed E-state index contributed by atoms with van der Waals surface area (Å²) in [5.41, 5.74) is 4.81. The van der Waals surface area contributed by atoms with Gasteiger partial charge in [-0.1, -0.05) is 12.7 Å². The highest BCUT2D eigenvalue weighted by atomic mass is 16.5. The average Bonchev–Trinajstić information content (AvgIpc) is 2.54. The molecule has 1 aromatic carbocycles. The summed E-state index contributed by atoms with van der Waals surface area (Å²) < 4.78 is 5.77. The van der Waals surface area contributed by atoms with E-state index in [1.807, 2.05) is 32.3 Å². The number of fused-ring (bicyclic) bond motifs is 1. The lowest BCUT2D eigenvalue weighted by atomic mass is 10.2. The first-order chi connectivity index (χ1) is 10.6. The van der Waals surface area contributed by atoms with Crippen molar-refractivity contribution in [3.63, 3.8) is 0 Å². The summed E-state index contributed by atoms with van der Waals surface area (Å²) >= 11 is 0. The number of anilines is 1. The van der Waals surface area contributed by atoms with Crippen LogP contribution in [0.1, 0.15) is 6.92 Å². The van der Waals surface area contributed by atoms with Gasteiger partial charge < -0.3 is 9.64 Å². The number of azo groups is 1. The molecule has 1 heterocycles. The number of nitrogens with one attached hydrogen (secondary N) is 1.